The Labute approximate surface area is 140 Å². The average molecular weight is 325 g/mol. The van der Waals surface area contributed by atoms with Crippen molar-refractivity contribution < 1.29 is 19.4 Å². The minimum atomic E-state index is -1.32. The minimum Gasteiger partial charge on any atom is -0.479 e. The number of amides is 1. The quantitative estimate of drug-likeness (QED) is 0.906. The highest BCUT2D eigenvalue weighted by atomic mass is 16.5. The molecule has 0 fully saturated rings. The lowest BCUT2D eigenvalue weighted by Gasteiger charge is -2.34. The smallest absolute Gasteiger partial charge is 0.408 e. The number of alkyl carbamates (subject to hydrolysis) is 1. The van der Waals surface area contributed by atoms with Crippen LogP contribution in [0.5, 0.6) is 0 Å². The van der Waals surface area contributed by atoms with Crippen molar-refractivity contribution in [1.82, 2.24) is 5.32 Å². The summed E-state index contributed by atoms with van der Waals surface area (Å²) in [5.74, 6) is -1.03. The molecule has 1 unspecified atom stereocenters. The van der Waals surface area contributed by atoms with E-state index < -0.39 is 17.6 Å². The molecule has 1 aliphatic rings. The predicted octanol–water partition coefficient (Wildman–Crippen LogP) is 2.93. The lowest BCUT2D eigenvalue weighted by molar-refractivity contribution is -0.145. The first-order valence-electron chi connectivity index (χ1n) is 7.88. The van der Waals surface area contributed by atoms with Crippen molar-refractivity contribution in [1.29, 1.82) is 0 Å². The van der Waals surface area contributed by atoms with Crippen LogP contribution >= 0.6 is 0 Å². The number of carboxylic acids is 1. The van der Waals surface area contributed by atoms with E-state index in [9.17, 15) is 14.7 Å². The number of benzene rings is 2. The fraction of sp³-hybridized carbons (Fsp3) is 0.263. The van der Waals surface area contributed by atoms with Gasteiger partial charge in [-0.2, -0.15) is 0 Å². The number of carbonyl (C=O) groups is 2. The van der Waals surface area contributed by atoms with E-state index in [0.29, 0.717) is 12.8 Å². The number of rotatable bonds is 4. The summed E-state index contributed by atoms with van der Waals surface area (Å²) < 4.78 is 5.18. The predicted molar refractivity (Wildman–Crippen MR) is 88.6 cm³/mol. The molecule has 1 aliphatic carbocycles. The second-order valence-corrected chi connectivity index (χ2v) is 6.02. The van der Waals surface area contributed by atoms with Crippen molar-refractivity contribution in [3.05, 3.63) is 71.3 Å². The molecule has 2 aromatic rings. The summed E-state index contributed by atoms with van der Waals surface area (Å²) >= 11 is 0. The molecule has 0 radical (unpaired) electrons. The lowest BCUT2D eigenvalue weighted by atomic mass is 9.78. The number of carbonyl (C=O) groups excluding carboxylic acids is 1. The first kappa shape index (κ1) is 16.1. The normalized spacial score (nSPS) is 19.2. The summed E-state index contributed by atoms with van der Waals surface area (Å²) in [5.41, 5.74) is 1.62. The molecule has 0 aliphatic heterocycles. The fourth-order valence-corrected chi connectivity index (χ4v) is 3.03. The van der Waals surface area contributed by atoms with E-state index in [1.807, 2.05) is 54.6 Å². The summed E-state index contributed by atoms with van der Waals surface area (Å²) in [4.78, 5) is 23.9. The van der Waals surface area contributed by atoms with E-state index in [4.69, 9.17) is 4.74 Å². The van der Waals surface area contributed by atoms with E-state index in [2.05, 4.69) is 5.32 Å². The summed E-state index contributed by atoms with van der Waals surface area (Å²) in [6.07, 6.45) is 0.515. The minimum absolute atomic E-state index is 0.110. The topological polar surface area (TPSA) is 75.6 Å². The maximum Gasteiger partial charge on any atom is 0.408 e. The van der Waals surface area contributed by atoms with Gasteiger partial charge in [-0.1, -0.05) is 54.6 Å². The maximum atomic E-state index is 12.1. The molecule has 5 nitrogen and oxygen atoms in total. The Balaban J connectivity index is 1.68. The third kappa shape index (κ3) is 3.40. The van der Waals surface area contributed by atoms with Gasteiger partial charge in [0.05, 0.1) is 0 Å². The average Bonchev–Trinajstić information content (AvgIpc) is 2.60. The van der Waals surface area contributed by atoms with Crippen LogP contribution in [0.2, 0.25) is 0 Å². The third-order valence-corrected chi connectivity index (χ3v) is 4.40. The highest BCUT2D eigenvalue weighted by molar-refractivity contribution is 5.85. The van der Waals surface area contributed by atoms with Crippen molar-refractivity contribution >= 4 is 12.1 Å². The zero-order valence-electron chi connectivity index (χ0n) is 13.2. The monoisotopic (exact) mass is 325 g/mol. The van der Waals surface area contributed by atoms with Gasteiger partial charge in [0.1, 0.15) is 12.1 Å². The highest BCUT2D eigenvalue weighted by Crippen LogP contribution is 2.29. The van der Waals surface area contributed by atoms with Crippen LogP contribution in [-0.4, -0.2) is 22.7 Å². The number of nitrogens with one attached hydrogen (secondary N) is 1. The van der Waals surface area contributed by atoms with Crippen LogP contribution < -0.4 is 5.32 Å². The summed E-state index contributed by atoms with van der Waals surface area (Å²) in [5, 5.41) is 12.3. The van der Waals surface area contributed by atoms with Crippen LogP contribution in [0.4, 0.5) is 4.79 Å². The Morgan fingerprint density at radius 1 is 1.04 bits per heavy atom. The van der Waals surface area contributed by atoms with Gasteiger partial charge in [0.15, 0.2) is 0 Å². The van der Waals surface area contributed by atoms with Gasteiger partial charge in [-0.05, 0) is 29.5 Å². The van der Waals surface area contributed by atoms with Crippen LogP contribution in [0.1, 0.15) is 23.1 Å². The number of carboxylic acid groups (broad SMARTS) is 1. The number of aryl methyl sites for hydroxylation is 1. The molecule has 0 aromatic heterocycles. The molecule has 3 rings (SSSR count). The van der Waals surface area contributed by atoms with Gasteiger partial charge in [-0.25, -0.2) is 9.59 Å². The Hall–Kier alpha value is -2.82. The van der Waals surface area contributed by atoms with E-state index in [1.54, 1.807) is 0 Å². The second kappa shape index (κ2) is 6.74. The summed E-state index contributed by atoms with van der Waals surface area (Å²) in [6.45, 7) is 0.110. The zero-order chi connectivity index (χ0) is 17.0. The second-order valence-electron chi connectivity index (χ2n) is 6.02. The van der Waals surface area contributed by atoms with E-state index in [0.717, 1.165) is 16.7 Å². The van der Waals surface area contributed by atoms with Crippen LogP contribution in [0.3, 0.4) is 0 Å². The van der Waals surface area contributed by atoms with E-state index in [1.165, 1.54) is 0 Å². The van der Waals surface area contributed by atoms with Crippen molar-refractivity contribution in [3.63, 3.8) is 0 Å². The molecule has 0 heterocycles. The molecule has 2 N–H and O–H groups in total. The molecule has 0 spiro atoms. The number of ether oxygens (including phenoxy) is 1. The molecular formula is C19H19NO4. The highest BCUT2D eigenvalue weighted by Gasteiger charge is 2.43. The number of aliphatic carboxylic acids is 1. The van der Waals surface area contributed by atoms with Gasteiger partial charge >= 0.3 is 12.1 Å². The molecule has 124 valence electrons. The maximum absolute atomic E-state index is 12.1. The molecule has 0 saturated heterocycles. The van der Waals surface area contributed by atoms with Crippen LogP contribution in [0.25, 0.3) is 0 Å². The van der Waals surface area contributed by atoms with E-state index in [-0.39, 0.29) is 13.0 Å². The molecule has 0 bridgehead atoms. The number of hydrogen-bond acceptors (Lipinski definition) is 3. The largest absolute Gasteiger partial charge is 0.479 e. The van der Waals surface area contributed by atoms with Crippen molar-refractivity contribution in [2.24, 2.45) is 0 Å². The molecule has 0 saturated carbocycles. The summed E-state index contributed by atoms with van der Waals surface area (Å²) in [6, 6.07) is 17.0. The molecular weight excluding hydrogens is 306 g/mol. The Morgan fingerprint density at radius 2 is 1.71 bits per heavy atom. The molecule has 5 heteroatoms. The SMILES string of the molecule is O=C(NC1(C(=O)O)CCc2ccccc2C1)OCc1ccccc1. The van der Waals surface area contributed by atoms with Crippen molar-refractivity contribution in [2.45, 2.75) is 31.4 Å². The number of hydrogen-bond donors (Lipinski definition) is 2. The van der Waals surface area contributed by atoms with Crippen molar-refractivity contribution in [3.8, 4) is 0 Å². The number of fused-ring (bicyclic) bond motifs is 1. The van der Waals surface area contributed by atoms with Gasteiger partial charge in [0.2, 0.25) is 0 Å². The molecule has 2 aromatic carbocycles. The van der Waals surface area contributed by atoms with E-state index >= 15 is 0 Å². The van der Waals surface area contributed by atoms with Gasteiger partial charge in [0.25, 0.3) is 0 Å². The Bertz CT molecular complexity index is 744. The zero-order valence-corrected chi connectivity index (χ0v) is 13.2. The third-order valence-electron chi connectivity index (χ3n) is 4.40. The van der Waals surface area contributed by atoms with Crippen LogP contribution in [0.15, 0.2) is 54.6 Å². The van der Waals surface area contributed by atoms with Crippen molar-refractivity contribution in [2.75, 3.05) is 0 Å². The first-order valence-corrected chi connectivity index (χ1v) is 7.88. The van der Waals surface area contributed by atoms with Gasteiger partial charge < -0.3 is 15.2 Å². The first-order chi connectivity index (χ1) is 11.6. The van der Waals surface area contributed by atoms with Gasteiger partial charge in [0, 0.05) is 6.42 Å². The lowest BCUT2D eigenvalue weighted by Crippen LogP contribution is -2.57. The van der Waals surface area contributed by atoms with Gasteiger partial charge in [-0.15, -0.1) is 0 Å². The Kier molecular flexibility index (Phi) is 4.51. The Morgan fingerprint density at radius 3 is 2.42 bits per heavy atom. The standard InChI is InChI=1S/C19H19NO4/c21-17(22)19(11-10-15-8-4-5-9-16(15)12-19)20-18(23)24-13-14-6-2-1-3-7-14/h1-9H,10-13H2,(H,20,23)(H,21,22). The van der Waals surface area contributed by atoms with Gasteiger partial charge in [-0.3, -0.25) is 0 Å². The van der Waals surface area contributed by atoms with Crippen LogP contribution in [0, 0.1) is 0 Å². The molecule has 24 heavy (non-hydrogen) atoms. The molecule has 1 amide bonds. The summed E-state index contributed by atoms with van der Waals surface area (Å²) in [7, 11) is 0. The fourth-order valence-electron chi connectivity index (χ4n) is 3.03. The van der Waals surface area contributed by atoms with Crippen LogP contribution in [-0.2, 0) is 29.0 Å². The molecule has 1 atom stereocenters.